The van der Waals surface area contributed by atoms with Crippen molar-refractivity contribution in [3.63, 3.8) is 0 Å². The molecule has 0 aliphatic carbocycles. The molecule has 2 heterocycles. The molecule has 0 spiro atoms. The number of aryl methyl sites for hydroxylation is 1. The van der Waals surface area contributed by atoms with Gasteiger partial charge in [0.2, 0.25) is 0 Å². The van der Waals surface area contributed by atoms with Gasteiger partial charge in [0.15, 0.2) is 6.23 Å². The summed E-state index contributed by atoms with van der Waals surface area (Å²) in [5, 5.41) is 0. The Morgan fingerprint density at radius 1 is 1.33 bits per heavy atom. The van der Waals surface area contributed by atoms with E-state index in [1.807, 2.05) is 0 Å². The molecule has 2 rings (SSSR count). The van der Waals surface area contributed by atoms with E-state index in [2.05, 4.69) is 20.9 Å². The quantitative estimate of drug-likeness (QED) is 0.554. The minimum atomic E-state index is -0.849. The fourth-order valence-electron chi connectivity index (χ4n) is 2.36. The molecule has 132 valence electrons. The van der Waals surface area contributed by atoms with Gasteiger partial charge in [-0.2, -0.15) is 0 Å². The topological polar surface area (TPSA) is 117 Å². The van der Waals surface area contributed by atoms with Gasteiger partial charge in [-0.3, -0.25) is 23.9 Å². The minimum Gasteiger partial charge on any atom is -0.463 e. The van der Waals surface area contributed by atoms with Crippen LogP contribution in [0.3, 0.4) is 0 Å². The number of hydrogen-bond donors (Lipinski definition) is 1. The van der Waals surface area contributed by atoms with Gasteiger partial charge < -0.3 is 14.2 Å². The predicted octanol–water partition coefficient (Wildman–Crippen LogP) is 0.000720. The first-order valence-electron chi connectivity index (χ1n) is 7.13. The van der Waals surface area contributed by atoms with Crippen LogP contribution < -0.4 is 11.2 Å². The molecule has 1 aromatic rings. The fraction of sp³-hybridized carbons (Fsp3) is 0.571. The van der Waals surface area contributed by atoms with Crippen molar-refractivity contribution < 1.29 is 23.8 Å². The van der Waals surface area contributed by atoms with Crippen molar-refractivity contribution in [1.82, 2.24) is 9.55 Å². The molecule has 1 N–H and O–H groups in total. The Hall–Kier alpha value is -1.94. The molecule has 0 unspecified atom stereocenters. The Labute approximate surface area is 145 Å². The highest BCUT2D eigenvalue weighted by molar-refractivity contribution is 9.09. The number of nitrogens with zero attached hydrogens (tertiary/aromatic N) is 1. The molecule has 10 heteroatoms. The van der Waals surface area contributed by atoms with Gasteiger partial charge in [0.05, 0.1) is 4.83 Å². The van der Waals surface area contributed by atoms with E-state index in [0.29, 0.717) is 5.56 Å². The number of aromatic amines is 1. The van der Waals surface area contributed by atoms with E-state index < -0.39 is 46.5 Å². The van der Waals surface area contributed by atoms with Gasteiger partial charge in [-0.1, -0.05) is 15.9 Å². The van der Waals surface area contributed by atoms with Crippen LogP contribution >= 0.6 is 15.9 Å². The number of nitrogens with one attached hydrogen (secondary N) is 1. The number of aromatic nitrogens is 2. The molecule has 9 nitrogen and oxygen atoms in total. The number of ether oxygens (including phenoxy) is 3. The number of rotatable bonds is 4. The van der Waals surface area contributed by atoms with Crippen LogP contribution in [0.15, 0.2) is 15.8 Å². The van der Waals surface area contributed by atoms with Crippen molar-refractivity contribution in [3.05, 3.63) is 32.6 Å². The van der Waals surface area contributed by atoms with Crippen LogP contribution in [0.1, 0.15) is 25.6 Å². The summed E-state index contributed by atoms with van der Waals surface area (Å²) in [6.07, 6.45) is -1.02. The Morgan fingerprint density at radius 2 is 2.00 bits per heavy atom. The number of alkyl halides is 1. The Morgan fingerprint density at radius 3 is 2.58 bits per heavy atom. The highest BCUT2D eigenvalue weighted by atomic mass is 79.9. The van der Waals surface area contributed by atoms with Crippen molar-refractivity contribution in [2.45, 2.75) is 44.0 Å². The standard InChI is InChI=1S/C14H17BrN2O7/c1-6-4-17(14(21)16-12(6)20)13-10(15)11(23-8(3)19)9(24-13)5-22-7(2)18/h4,9-11,13H,5H2,1-3H3,(H,16,20,21)/t9-,10-,11-,13-/m0/s1. The summed E-state index contributed by atoms with van der Waals surface area (Å²) in [7, 11) is 0. The zero-order valence-corrected chi connectivity index (χ0v) is 14.9. The summed E-state index contributed by atoms with van der Waals surface area (Å²) < 4.78 is 17.1. The number of halogens is 1. The fourth-order valence-corrected chi connectivity index (χ4v) is 3.19. The van der Waals surface area contributed by atoms with Gasteiger partial charge in [-0.25, -0.2) is 4.79 Å². The maximum atomic E-state index is 12.0. The molecule has 0 aromatic carbocycles. The lowest BCUT2D eigenvalue weighted by molar-refractivity contribution is -0.155. The second-order valence-electron chi connectivity index (χ2n) is 5.36. The predicted molar refractivity (Wildman–Crippen MR) is 84.9 cm³/mol. The van der Waals surface area contributed by atoms with Crippen LogP contribution in [0.5, 0.6) is 0 Å². The lowest BCUT2D eigenvalue weighted by atomic mass is 10.2. The number of carbonyl (C=O) groups excluding carboxylic acids is 2. The minimum absolute atomic E-state index is 0.136. The highest BCUT2D eigenvalue weighted by Gasteiger charge is 2.47. The van der Waals surface area contributed by atoms with Crippen LogP contribution in [0.2, 0.25) is 0 Å². The number of H-pyrrole nitrogens is 1. The van der Waals surface area contributed by atoms with Crippen LogP contribution in [0, 0.1) is 6.92 Å². The first-order valence-corrected chi connectivity index (χ1v) is 8.04. The second-order valence-corrected chi connectivity index (χ2v) is 6.42. The second kappa shape index (κ2) is 7.31. The van der Waals surface area contributed by atoms with E-state index in [9.17, 15) is 19.2 Å². The normalized spacial score (nSPS) is 26.2. The SMILES string of the molecule is CC(=O)OC[C@@H]1O[C@H](n2cc(C)c(=O)[nH]c2=O)[C@@H](Br)[C@H]1OC(C)=O. The van der Waals surface area contributed by atoms with E-state index >= 15 is 0 Å². The molecule has 1 aliphatic heterocycles. The third-order valence-corrected chi connectivity index (χ3v) is 4.41. The van der Waals surface area contributed by atoms with Crippen molar-refractivity contribution in [3.8, 4) is 0 Å². The monoisotopic (exact) mass is 404 g/mol. The van der Waals surface area contributed by atoms with E-state index in [1.54, 1.807) is 6.92 Å². The molecule has 0 bridgehead atoms. The van der Waals surface area contributed by atoms with Crippen molar-refractivity contribution in [2.24, 2.45) is 0 Å². The van der Waals surface area contributed by atoms with Gasteiger partial charge in [0.25, 0.3) is 5.56 Å². The summed E-state index contributed by atoms with van der Waals surface area (Å²) in [6.45, 7) is 3.90. The Kier molecular flexibility index (Phi) is 5.60. The van der Waals surface area contributed by atoms with E-state index in [0.717, 1.165) is 0 Å². The largest absolute Gasteiger partial charge is 0.463 e. The van der Waals surface area contributed by atoms with Gasteiger partial charge in [-0.05, 0) is 6.92 Å². The molecule has 1 saturated heterocycles. The molecule has 1 aromatic heterocycles. The average molecular weight is 405 g/mol. The maximum absolute atomic E-state index is 12.0. The maximum Gasteiger partial charge on any atom is 0.330 e. The summed E-state index contributed by atoms with van der Waals surface area (Å²) >= 11 is 3.37. The third kappa shape index (κ3) is 3.93. The van der Waals surface area contributed by atoms with Crippen molar-refractivity contribution in [2.75, 3.05) is 6.61 Å². The molecule has 24 heavy (non-hydrogen) atoms. The summed E-state index contributed by atoms with van der Waals surface area (Å²) in [5.74, 6) is -1.04. The molecular weight excluding hydrogens is 388 g/mol. The zero-order chi connectivity index (χ0) is 18.0. The van der Waals surface area contributed by atoms with Crippen molar-refractivity contribution in [1.29, 1.82) is 0 Å². The van der Waals surface area contributed by atoms with Gasteiger partial charge in [0, 0.05) is 25.6 Å². The average Bonchev–Trinajstić information content (AvgIpc) is 2.77. The highest BCUT2D eigenvalue weighted by Crippen LogP contribution is 2.36. The zero-order valence-electron chi connectivity index (χ0n) is 13.3. The van der Waals surface area contributed by atoms with Gasteiger partial charge in [0.1, 0.15) is 18.8 Å². The van der Waals surface area contributed by atoms with Gasteiger partial charge in [-0.15, -0.1) is 0 Å². The lowest BCUT2D eigenvalue weighted by Crippen LogP contribution is -2.37. The molecule has 0 saturated carbocycles. The van der Waals surface area contributed by atoms with Crippen LogP contribution in [0.4, 0.5) is 0 Å². The Bertz CT molecular complexity index is 756. The van der Waals surface area contributed by atoms with Crippen molar-refractivity contribution >= 4 is 27.9 Å². The number of esters is 2. The molecular formula is C14H17BrN2O7. The van der Waals surface area contributed by atoms with Crippen LogP contribution in [-0.2, 0) is 23.8 Å². The molecule has 4 atom stereocenters. The van der Waals surface area contributed by atoms with E-state index in [-0.39, 0.29) is 6.61 Å². The number of carbonyl (C=O) groups is 2. The molecule has 1 aliphatic rings. The summed E-state index contributed by atoms with van der Waals surface area (Å²) in [6, 6.07) is 0. The Balaban J connectivity index is 2.33. The molecule has 0 radical (unpaired) electrons. The smallest absolute Gasteiger partial charge is 0.330 e. The van der Waals surface area contributed by atoms with E-state index in [1.165, 1.54) is 24.6 Å². The molecule has 1 fully saturated rings. The van der Waals surface area contributed by atoms with Crippen LogP contribution in [-0.4, -0.2) is 45.1 Å². The van der Waals surface area contributed by atoms with E-state index in [4.69, 9.17) is 14.2 Å². The summed E-state index contributed by atoms with van der Waals surface area (Å²) in [4.78, 5) is 47.5. The first kappa shape index (κ1) is 18.4. The number of hydrogen-bond acceptors (Lipinski definition) is 7. The lowest BCUT2D eigenvalue weighted by Gasteiger charge is -2.19. The van der Waals surface area contributed by atoms with Gasteiger partial charge >= 0.3 is 17.6 Å². The first-order chi connectivity index (χ1) is 11.2. The molecule has 0 amide bonds. The summed E-state index contributed by atoms with van der Waals surface area (Å²) in [5.41, 5.74) is -0.825. The van der Waals surface area contributed by atoms with Crippen LogP contribution in [0.25, 0.3) is 0 Å². The third-order valence-electron chi connectivity index (χ3n) is 3.44.